The summed E-state index contributed by atoms with van der Waals surface area (Å²) in [5, 5.41) is 9.99. The van der Waals surface area contributed by atoms with Crippen molar-refractivity contribution in [3.8, 4) is 11.5 Å². The number of carbonyl (C=O) groups is 1. The van der Waals surface area contributed by atoms with Crippen molar-refractivity contribution in [3.05, 3.63) is 23.9 Å². The average Bonchev–Trinajstić information content (AvgIpc) is 3.15. The molecule has 0 unspecified atom stereocenters. The van der Waals surface area contributed by atoms with Crippen LogP contribution < -0.4 is 25.4 Å². The third-order valence-corrected chi connectivity index (χ3v) is 4.37. The molecule has 1 heterocycles. The molecular weight excluding hydrogens is 501 g/mol. The van der Waals surface area contributed by atoms with E-state index in [0.29, 0.717) is 19.1 Å². The first-order valence-corrected chi connectivity index (χ1v) is 9.55. The molecule has 0 bridgehead atoms. The molecule has 0 aliphatic rings. The standard InChI is InChI=1S/C20H31N5O4.HI/c1-21-20(24-13-19(26)22-8-9-27-2)23-7-5-6-14-10-16-17(25-14)11-15(28-3)12-18(16)29-4;/h10-12,25H,5-9,13H2,1-4H3,(H,22,26)(H2,21,23,24);1H. The zero-order valence-corrected chi connectivity index (χ0v) is 20.3. The van der Waals surface area contributed by atoms with Gasteiger partial charge in [-0.3, -0.25) is 9.79 Å². The lowest BCUT2D eigenvalue weighted by Crippen LogP contribution is -2.44. The number of nitrogens with one attached hydrogen (secondary N) is 4. The van der Waals surface area contributed by atoms with Crippen molar-refractivity contribution in [3.63, 3.8) is 0 Å². The first-order valence-electron chi connectivity index (χ1n) is 9.55. The minimum absolute atomic E-state index is 0. The number of benzene rings is 1. The maximum Gasteiger partial charge on any atom is 0.239 e. The van der Waals surface area contributed by atoms with Gasteiger partial charge in [-0.2, -0.15) is 0 Å². The smallest absolute Gasteiger partial charge is 0.239 e. The van der Waals surface area contributed by atoms with E-state index >= 15 is 0 Å². The fourth-order valence-corrected chi connectivity index (χ4v) is 2.88. The van der Waals surface area contributed by atoms with Crippen LogP contribution in [0.3, 0.4) is 0 Å². The van der Waals surface area contributed by atoms with Crippen molar-refractivity contribution in [2.45, 2.75) is 12.8 Å². The summed E-state index contributed by atoms with van der Waals surface area (Å²) in [4.78, 5) is 19.2. The van der Waals surface area contributed by atoms with Gasteiger partial charge in [-0.15, -0.1) is 24.0 Å². The van der Waals surface area contributed by atoms with Gasteiger partial charge < -0.3 is 35.1 Å². The monoisotopic (exact) mass is 533 g/mol. The molecule has 0 spiro atoms. The number of H-pyrrole nitrogens is 1. The molecule has 0 aliphatic carbocycles. The van der Waals surface area contributed by atoms with E-state index in [2.05, 4.69) is 32.0 Å². The van der Waals surface area contributed by atoms with Gasteiger partial charge in [0.2, 0.25) is 5.91 Å². The molecule has 0 fully saturated rings. The summed E-state index contributed by atoms with van der Waals surface area (Å²) in [6.07, 6.45) is 1.76. The first-order chi connectivity index (χ1) is 14.1. The maximum atomic E-state index is 11.7. The van der Waals surface area contributed by atoms with E-state index in [4.69, 9.17) is 14.2 Å². The number of methoxy groups -OCH3 is 3. The minimum Gasteiger partial charge on any atom is -0.497 e. The van der Waals surface area contributed by atoms with Crippen LogP contribution in [0.15, 0.2) is 23.2 Å². The summed E-state index contributed by atoms with van der Waals surface area (Å²) in [6.45, 7) is 1.86. The van der Waals surface area contributed by atoms with Gasteiger partial charge in [-0.05, 0) is 18.9 Å². The number of guanidine groups is 1. The molecule has 1 aromatic carbocycles. The molecule has 4 N–H and O–H groups in total. The molecule has 2 aromatic rings. The molecule has 9 nitrogen and oxygen atoms in total. The van der Waals surface area contributed by atoms with Crippen molar-refractivity contribution in [1.82, 2.24) is 20.9 Å². The Kier molecular flexibility index (Phi) is 12.0. The molecule has 0 aliphatic heterocycles. The molecule has 168 valence electrons. The predicted molar refractivity (Wildman–Crippen MR) is 129 cm³/mol. The fraction of sp³-hybridized carbons (Fsp3) is 0.500. The maximum absolute atomic E-state index is 11.7. The van der Waals surface area contributed by atoms with Crippen molar-refractivity contribution in [2.24, 2.45) is 4.99 Å². The number of fused-ring (bicyclic) bond motifs is 1. The van der Waals surface area contributed by atoms with Crippen molar-refractivity contribution in [1.29, 1.82) is 0 Å². The Hall–Kier alpha value is -2.21. The van der Waals surface area contributed by atoms with Gasteiger partial charge in [0.1, 0.15) is 11.5 Å². The van der Waals surface area contributed by atoms with Crippen LogP contribution in [0.4, 0.5) is 0 Å². The lowest BCUT2D eigenvalue weighted by atomic mass is 10.2. The fourth-order valence-electron chi connectivity index (χ4n) is 2.88. The molecule has 1 amide bonds. The number of aromatic amines is 1. The summed E-state index contributed by atoms with van der Waals surface area (Å²) < 4.78 is 15.7. The van der Waals surface area contributed by atoms with Crippen molar-refractivity contribution >= 4 is 46.7 Å². The Balaban J connectivity index is 0.00000450. The molecule has 0 saturated carbocycles. The van der Waals surface area contributed by atoms with Gasteiger partial charge in [0, 0.05) is 50.5 Å². The van der Waals surface area contributed by atoms with Gasteiger partial charge in [0.25, 0.3) is 0 Å². The lowest BCUT2D eigenvalue weighted by Gasteiger charge is -2.11. The zero-order valence-electron chi connectivity index (χ0n) is 18.0. The number of hydrogen-bond donors (Lipinski definition) is 4. The number of aliphatic imine (C=N–C) groups is 1. The molecule has 10 heteroatoms. The van der Waals surface area contributed by atoms with Crippen molar-refractivity contribution < 1.29 is 19.0 Å². The first kappa shape index (κ1) is 25.8. The second kappa shape index (κ2) is 13.9. The quantitative estimate of drug-likeness (QED) is 0.152. The third kappa shape index (κ3) is 7.90. The van der Waals surface area contributed by atoms with E-state index in [1.807, 2.05) is 12.1 Å². The summed E-state index contributed by atoms with van der Waals surface area (Å²) >= 11 is 0. The molecule has 0 atom stereocenters. The number of rotatable bonds is 11. The van der Waals surface area contributed by atoms with E-state index in [0.717, 1.165) is 47.5 Å². The second-order valence-electron chi connectivity index (χ2n) is 6.38. The number of nitrogens with zero attached hydrogens (tertiary/aromatic N) is 1. The molecule has 0 saturated heterocycles. The van der Waals surface area contributed by atoms with Crippen molar-refractivity contribution in [2.75, 3.05) is 54.6 Å². The summed E-state index contributed by atoms with van der Waals surface area (Å²) in [6, 6.07) is 5.94. The summed E-state index contributed by atoms with van der Waals surface area (Å²) in [7, 11) is 6.57. The van der Waals surface area contributed by atoms with E-state index in [1.54, 1.807) is 28.4 Å². The average molecular weight is 533 g/mol. The van der Waals surface area contributed by atoms with Gasteiger partial charge in [0.15, 0.2) is 5.96 Å². The van der Waals surface area contributed by atoms with Crippen LogP contribution in [0, 0.1) is 0 Å². The molecule has 2 rings (SSSR count). The Morgan fingerprint density at radius 3 is 2.53 bits per heavy atom. The van der Waals surface area contributed by atoms with Crippen LogP contribution in [-0.2, 0) is 16.0 Å². The summed E-state index contributed by atoms with van der Waals surface area (Å²) in [5.74, 6) is 2.03. The van der Waals surface area contributed by atoms with E-state index in [-0.39, 0.29) is 36.4 Å². The number of aromatic nitrogens is 1. The largest absolute Gasteiger partial charge is 0.497 e. The van der Waals surface area contributed by atoms with Crippen LogP contribution in [-0.4, -0.2) is 71.5 Å². The lowest BCUT2D eigenvalue weighted by molar-refractivity contribution is -0.120. The molecule has 1 aromatic heterocycles. The number of carbonyl (C=O) groups excluding carboxylic acids is 1. The van der Waals surface area contributed by atoms with Gasteiger partial charge >= 0.3 is 0 Å². The predicted octanol–water partition coefficient (Wildman–Crippen LogP) is 1.66. The highest BCUT2D eigenvalue weighted by Crippen LogP contribution is 2.31. The zero-order chi connectivity index (χ0) is 21.1. The van der Waals surface area contributed by atoms with Crippen LogP contribution in [0.25, 0.3) is 10.9 Å². The van der Waals surface area contributed by atoms with Gasteiger partial charge in [0.05, 0.1) is 32.9 Å². The Morgan fingerprint density at radius 1 is 1.07 bits per heavy atom. The Bertz CT molecular complexity index is 825. The number of aryl methyl sites for hydroxylation is 1. The molecule has 0 radical (unpaired) electrons. The van der Waals surface area contributed by atoms with Crippen LogP contribution in [0.1, 0.15) is 12.1 Å². The Labute approximate surface area is 194 Å². The molecule has 30 heavy (non-hydrogen) atoms. The molecular formula is C20H32IN5O4. The number of halogens is 1. The van der Waals surface area contributed by atoms with E-state index in [1.165, 1.54) is 0 Å². The minimum atomic E-state index is -0.104. The normalized spacial score (nSPS) is 11.0. The van der Waals surface area contributed by atoms with E-state index in [9.17, 15) is 4.79 Å². The van der Waals surface area contributed by atoms with Gasteiger partial charge in [-0.1, -0.05) is 0 Å². The Morgan fingerprint density at radius 2 is 1.87 bits per heavy atom. The third-order valence-electron chi connectivity index (χ3n) is 4.37. The number of ether oxygens (including phenoxy) is 3. The highest BCUT2D eigenvalue weighted by atomic mass is 127. The highest BCUT2D eigenvalue weighted by Gasteiger charge is 2.09. The van der Waals surface area contributed by atoms with Gasteiger partial charge in [-0.25, -0.2) is 0 Å². The van der Waals surface area contributed by atoms with E-state index < -0.39 is 0 Å². The van der Waals surface area contributed by atoms with Crippen LogP contribution in [0.2, 0.25) is 0 Å². The van der Waals surface area contributed by atoms with Crippen LogP contribution in [0.5, 0.6) is 11.5 Å². The van der Waals surface area contributed by atoms with Crippen LogP contribution >= 0.6 is 24.0 Å². The SMILES string of the molecule is CN=C(NCCCc1cc2c(OC)cc(OC)cc2[nH]1)NCC(=O)NCCOC.I. The topological polar surface area (TPSA) is 109 Å². The second-order valence-corrected chi connectivity index (χ2v) is 6.38. The highest BCUT2D eigenvalue weighted by molar-refractivity contribution is 14.0. The number of amides is 1. The summed E-state index contributed by atoms with van der Waals surface area (Å²) in [5.41, 5.74) is 2.11. The number of hydrogen-bond acceptors (Lipinski definition) is 5.